The molecule has 1 aromatic carbocycles. The van der Waals surface area contributed by atoms with Crippen LogP contribution in [-0.4, -0.2) is 99.0 Å². The van der Waals surface area contributed by atoms with Gasteiger partial charge in [-0.25, -0.2) is 4.39 Å². The summed E-state index contributed by atoms with van der Waals surface area (Å²) in [6, 6.07) is -0.287. The molecule has 1 aliphatic heterocycles. The lowest BCUT2D eigenvalue weighted by Gasteiger charge is -2.50. The summed E-state index contributed by atoms with van der Waals surface area (Å²) < 4.78 is 15.4. The van der Waals surface area contributed by atoms with Crippen LogP contribution in [-0.2, 0) is 25.6 Å². The van der Waals surface area contributed by atoms with Crippen LogP contribution < -0.4 is 11.1 Å². The van der Waals surface area contributed by atoms with Crippen LogP contribution in [0.3, 0.4) is 0 Å². The molecule has 43 heavy (non-hydrogen) atoms. The van der Waals surface area contributed by atoms with Gasteiger partial charge in [0, 0.05) is 23.1 Å². The average Bonchev–Trinajstić information content (AvgIpc) is 2.89. The van der Waals surface area contributed by atoms with Gasteiger partial charge in [0.2, 0.25) is 11.7 Å². The summed E-state index contributed by atoms with van der Waals surface area (Å²) in [6.07, 6.45) is 2.63. The van der Waals surface area contributed by atoms with Crippen molar-refractivity contribution in [2.24, 2.45) is 17.6 Å². The molecule has 236 valence electrons. The highest BCUT2D eigenvalue weighted by atomic mass is 35.5. The number of anilines is 1. The largest absolute Gasteiger partial charge is 0.508 e. The first-order valence-electron chi connectivity index (χ1n) is 13.5. The van der Waals surface area contributed by atoms with E-state index in [1.165, 1.54) is 19.0 Å². The van der Waals surface area contributed by atoms with Crippen LogP contribution >= 0.6 is 24.8 Å². The summed E-state index contributed by atoms with van der Waals surface area (Å²) in [4.78, 5) is 55.1. The second kappa shape index (κ2) is 12.4. The molecule has 5 rings (SSSR count). The summed E-state index contributed by atoms with van der Waals surface area (Å²) in [5.74, 6) is -9.59. The number of nitrogens with two attached hydrogens (primary N) is 1. The first kappa shape index (κ1) is 34.3. The molecule has 1 saturated heterocycles. The third-order valence-electron chi connectivity index (χ3n) is 8.76. The molecule has 12 nitrogen and oxygen atoms in total. The van der Waals surface area contributed by atoms with Crippen LogP contribution in [0.2, 0.25) is 0 Å². The Morgan fingerprint density at radius 1 is 1.14 bits per heavy atom. The van der Waals surface area contributed by atoms with E-state index in [2.05, 4.69) is 5.32 Å². The van der Waals surface area contributed by atoms with Gasteiger partial charge in [0.25, 0.3) is 5.91 Å². The van der Waals surface area contributed by atoms with E-state index in [0.717, 1.165) is 38.4 Å². The zero-order valence-electron chi connectivity index (χ0n) is 23.6. The minimum atomic E-state index is -2.79. The second-order valence-corrected chi connectivity index (χ2v) is 11.5. The van der Waals surface area contributed by atoms with Crippen LogP contribution in [0.4, 0.5) is 10.1 Å². The maximum Gasteiger partial charge on any atom is 0.255 e. The monoisotopic (exact) mass is 644 g/mol. The number of fused-ring (bicyclic) bond motifs is 3. The minimum Gasteiger partial charge on any atom is -0.508 e. The van der Waals surface area contributed by atoms with Crippen molar-refractivity contribution in [1.29, 1.82) is 0 Å². The van der Waals surface area contributed by atoms with E-state index < -0.39 is 86.7 Å². The third-order valence-corrected chi connectivity index (χ3v) is 8.76. The normalized spacial score (nSPS) is 27.0. The molecule has 2 fully saturated rings. The number of nitrogens with one attached hydrogen (secondary N) is 1. The van der Waals surface area contributed by atoms with E-state index >= 15 is 4.39 Å². The zero-order chi connectivity index (χ0) is 30.0. The number of phenolic OH excluding ortho intramolecular Hbond substituents is 1. The quantitative estimate of drug-likeness (QED) is 0.201. The Labute approximate surface area is 259 Å². The Morgan fingerprint density at radius 2 is 1.77 bits per heavy atom. The van der Waals surface area contributed by atoms with Crippen LogP contribution in [0.15, 0.2) is 23.0 Å². The van der Waals surface area contributed by atoms with Crippen LogP contribution in [0.25, 0.3) is 5.76 Å². The van der Waals surface area contributed by atoms with Gasteiger partial charge in [-0.05, 0) is 58.8 Å². The van der Waals surface area contributed by atoms with Crippen molar-refractivity contribution in [3.63, 3.8) is 0 Å². The summed E-state index contributed by atoms with van der Waals surface area (Å²) in [5.41, 5.74) is 0.376. The third kappa shape index (κ3) is 5.37. The molecule has 1 heterocycles. The number of hydrogen-bond donors (Lipinski definition) is 6. The summed E-state index contributed by atoms with van der Waals surface area (Å²) in [7, 11) is 2.98. The fourth-order valence-electron chi connectivity index (χ4n) is 6.87. The highest BCUT2D eigenvalue weighted by Crippen LogP contribution is 2.53. The number of aliphatic hydroxyl groups excluding tert-OH is 2. The predicted octanol–water partition coefficient (Wildman–Crippen LogP) is 1.37. The molecule has 1 aromatic rings. The molecule has 3 aliphatic carbocycles. The number of ketones is 2. The Bertz CT molecular complexity index is 1440. The van der Waals surface area contributed by atoms with Crippen LogP contribution in [0, 0.1) is 17.7 Å². The number of likely N-dealkylation sites (tertiary alicyclic amines) is 1. The smallest absolute Gasteiger partial charge is 0.255 e. The van der Waals surface area contributed by atoms with E-state index in [1.54, 1.807) is 0 Å². The number of phenols is 1. The Balaban J connectivity index is 0.00000253. The number of nitrogens with zero attached hydrogens (tertiary/aromatic N) is 2. The van der Waals surface area contributed by atoms with Gasteiger partial charge in [0.15, 0.2) is 17.1 Å². The fraction of sp³-hybridized carbons (Fsp3) is 0.500. The number of benzene rings is 1. The number of carbonyl (C=O) groups excluding carboxylic acids is 4. The van der Waals surface area contributed by atoms with Crippen LogP contribution in [0.5, 0.6) is 5.75 Å². The highest BCUT2D eigenvalue weighted by Gasteiger charge is 2.64. The Morgan fingerprint density at radius 3 is 2.35 bits per heavy atom. The minimum absolute atomic E-state index is 0. The van der Waals surface area contributed by atoms with E-state index in [9.17, 15) is 39.6 Å². The number of carbonyl (C=O) groups is 4. The maximum absolute atomic E-state index is 15.4. The Hall–Kier alpha value is -3.23. The van der Waals surface area contributed by atoms with Crippen molar-refractivity contribution >= 4 is 59.6 Å². The molecule has 0 spiro atoms. The molecule has 0 bridgehead atoms. The number of aromatic hydroxyl groups is 1. The van der Waals surface area contributed by atoms with Gasteiger partial charge in [-0.2, -0.15) is 0 Å². The first-order valence-corrected chi connectivity index (χ1v) is 13.5. The van der Waals surface area contributed by atoms with Gasteiger partial charge in [0.05, 0.1) is 23.8 Å². The van der Waals surface area contributed by atoms with Gasteiger partial charge in [-0.1, -0.05) is 6.42 Å². The number of rotatable bonds is 5. The number of piperidine rings is 1. The topological polar surface area (TPSA) is 194 Å². The molecular formula is C28H35Cl2FN4O8. The summed E-state index contributed by atoms with van der Waals surface area (Å²) in [6.45, 7) is 1.49. The number of likely N-dealkylation sites (N-methyl/N-ethyl adjacent to an activating group) is 1. The summed E-state index contributed by atoms with van der Waals surface area (Å²) >= 11 is 0. The van der Waals surface area contributed by atoms with E-state index in [1.807, 2.05) is 4.90 Å². The highest BCUT2D eigenvalue weighted by molar-refractivity contribution is 6.24. The SMILES string of the molecule is CN(C)[C@@H]1C(=O)C(C(N)=O)=C(O)[C@@]2(O)C(=O)C3=C(O)c4c(O)c(NC(=O)CN5CCCCC5)cc(F)c4C[C@H]3C[C@@H]12.Cl.Cl. The molecule has 0 unspecified atom stereocenters. The van der Waals surface area contributed by atoms with E-state index in [0.29, 0.717) is 0 Å². The molecule has 4 aliphatic rings. The van der Waals surface area contributed by atoms with Crippen LogP contribution in [0.1, 0.15) is 36.8 Å². The van der Waals surface area contributed by atoms with Crippen molar-refractivity contribution in [2.75, 3.05) is 39.0 Å². The number of amides is 2. The second-order valence-electron chi connectivity index (χ2n) is 11.5. The lowest BCUT2D eigenvalue weighted by atomic mass is 9.57. The summed E-state index contributed by atoms with van der Waals surface area (Å²) in [5, 5.41) is 47.3. The molecule has 0 radical (unpaired) electrons. The van der Waals surface area contributed by atoms with Gasteiger partial charge in [0.1, 0.15) is 22.9 Å². The lowest BCUT2D eigenvalue weighted by Crippen LogP contribution is -2.65. The zero-order valence-corrected chi connectivity index (χ0v) is 25.2. The van der Waals surface area contributed by atoms with E-state index in [-0.39, 0.29) is 55.5 Å². The fourth-order valence-corrected chi connectivity index (χ4v) is 6.87. The lowest BCUT2D eigenvalue weighted by molar-refractivity contribution is -0.153. The molecule has 2 amide bonds. The van der Waals surface area contributed by atoms with E-state index in [4.69, 9.17) is 5.73 Å². The van der Waals surface area contributed by atoms with Gasteiger partial charge < -0.3 is 31.5 Å². The van der Waals surface area contributed by atoms with Crippen molar-refractivity contribution in [1.82, 2.24) is 9.80 Å². The van der Waals surface area contributed by atoms with Crippen molar-refractivity contribution < 1.29 is 44.0 Å². The number of Topliss-reactive ketones (excluding diaryl/α,β-unsaturated/α-hetero) is 2. The number of halogens is 3. The molecule has 0 aromatic heterocycles. The molecular weight excluding hydrogens is 610 g/mol. The molecule has 15 heteroatoms. The van der Waals surface area contributed by atoms with Gasteiger partial charge in [-0.3, -0.25) is 29.0 Å². The maximum atomic E-state index is 15.4. The molecule has 1 saturated carbocycles. The first-order chi connectivity index (χ1) is 19.3. The molecule has 7 N–H and O–H groups in total. The number of primary amides is 1. The Kier molecular flexibility index (Phi) is 9.89. The predicted molar refractivity (Wildman–Crippen MR) is 158 cm³/mol. The standard InChI is InChI=1S/C28H33FN4O8.2ClH/c1-32(2)21-14-9-12-8-13-15(29)10-16(31-17(34)11-33-6-4-3-5-7-33)22(35)19(13)23(36)18(12)25(38)28(14,41)26(39)20(24(21)37)27(30)40;;/h10,12,14,21,35-36,39,41H,3-9,11H2,1-2H3,(H2,30,40)(H,31,34);2*1H/t12-,14-,21-,28-;;/m0../s1. The van der Waals surface area contributed by atoms with Gasteiger partial charge >= 0.3 is 0 Å². The van der Waals surface area contributed by atoms with Crippen molar-refractivity contribution in [3.8, 4) is 5.75 Å². The molecule has 4 atom stereocenters. The number of aliphatic hydroxyl groups is 3. The van der Waals surface area contributed by atoms with Gasteiger partial charge in [-0.15, -0.1) is 24.8 Å². The average molecular weight is 646 g/mol. The van der Waals surface area contributed by atoms with Crippen molar-refractivity contribution in [3.05, 3.63) is 39.9 Å². The number of hydrogen-bond acceptors (Lipinski definition) is 10. The van der Waals surface area contributed by atoms with Crippen molar-refractivity contribution in [2.45, 2.75) is 43.7 Å².